The maximum Gasteiger partial charge on any atom is 0.356 e. The summed E-state index contributed by atoms with van der Waals surface area (Å²) in [5.41, 5.74) is 1.78. The number of esters is 1. The number of rotatable bonds is 10. The van der Waals surface area contributed by atoms with Crippen molar-refractivity contribution in [3.63, 3.8) is 0 Å². The molecule has 44 heavy (non-hydrogen) atoms. The van der Waals surface area contributed by atoms with E-state index in [0.717, 1.165) is 11.1 Å². The number of amides is 2. The highest BCUT2D eigenvalue weighted by atomic mass is 32.2. The highest BCUT2D eigenvalue weighted by Gasteiger charge is 2.55. The van der Waals surface area contributed by atoms with Gasteiger partial charge in [-0.25, -0.2) is 9.48 Å². The van der Waals surface area contributed by atoms with E-state index < -0.39 is 41.3 Å². The van der Waals surface area contributed by atoms with Crippen LogP contribution in [-0.2, 0) is 26.2 Å². The van der Waals surface area contributed by atoms with Crippen LogP contribution in [0.4, 0.5) is 0 Å². The van der Waals surface area contributed by atoms with Gasteiger partial charge in [-0.1, -0.05) is 84.1 Å². The molecule has 2 aromatic heterocycles. The van der Waals surface area contributed by atoms with Crippen molar-refractivity contribution in [3.05, 3.63) is 116 Å². The molecule has 1 N–H and O–H groups in total. The van der Waals surface area contributed by atoms with Gasteiger partial charge in [-0.15, -0.1) is 33.1 Å². The van der Waals surface area contributed by atoms with E-state index in [1.807, 2.05) is 60.7 Å². The molecule has 0 radical (unpaired) electrons. The molecular weight excluding hydrogens is 623 g/mol. The zero-order valence-electron chi connectivity index (χ0n) is 23.0. The number of hydrogen-bond acceptors (Lipinski definition) is 12. The van der Waals surface area contributed by atoms with E-state index in [4.69, 9.17) is 17.0 Å². The van der Waals surface area contributed by atoms with Crippen molar-refractivity contribution in [1.82, 2.24) is 30.4 Å². The smallest absolute Gasteiger partial charge is 0.356 e. The molecule has 6 rings (SSSR count). The van der Waals surface area contributed by atoms with Crippen LogP contribution in [0.3, 0.4) is 0 Å². The van der Waals surface area contributed by atoms with E-state index in [9.17, 15) is 19.3 Å². The third-order valence-electron chi connectivity index (χ3n) is 7.15. The number of nitrogens with zero attached hydrogens (tertiary/aromatic N) is 6. The molecule has 1 saturated heterocycles. The number of nitrogens with one attached hydrogen (secondary N) is 1. The van der Waals surface area contributed by atoms with E-state index in [0.29, 0.717) is 10.5 Å². The Morgan fingerprint density at radius 2 is 1.75 bits per heavy atom. The summed E-state index contributed by atoms with van der Waals surface area (Å²) < 4.78 is 7.53. The molecule has 1 fully saturated rings. The van der Waals surface area contributed by atoms with Crippen molar-refractivity contribution in [2.75, 3.05) is 5.75 Å². The number of ether oxygens (including phenoxy) is 1. The molecule has 0 bridgehead atoms. The van der Waals surface area contributed by atoms with Crippen LogP contribution >= 0.6 is 35.3 Å². The minimum Gasteiger partial charge on any atom is -0.448 e. The molecule has 2 aromatic carbocycles. The third-order valence-corrected chi connectivity index (χ3v) is 9.79. The molecule has 0 saturated carbocycles. The number of thioether (sulfide) groups is 1. The first kappa shape index (κ1) is 29.5. The molecule has 0 aliphatic carbocycles. The Morgan fingerprint density at radius 3 is 2.32 bits per heavy atom. The number of hydrogen-bond donors (Lipinski definition) is 1. The predicted molar refractivity (Wildman–Crippen MR) is 166 cm³/mol. The summed E-state index contributed by atoms with van der Waals surface area (Å²) in [5.74, 6) is -1.57. The second kappa shape index (κ2) is 12.6. The lowest BCUT2D eigenvalue weighted by atomic mass is 9.99. The summed E-state index contributed by atoms with van der Waals surface area (Å²) in [6, 6.07) is 19.5. The van der Waals surface area contributed by atoms with Crippen molar-refractivity contribution in [3.8, 4) is 0 Å². The van der Waals surface area contributed by atoms with Gasteiger partial charge >= 0.3 is 5.97 Å². The van der Waals surface area contributed by atoms with Gasteiger partial charge in [0.2, 0.25) is 6.04 Å². The Bertz CT molecular complexity index is 1720. The Labute approximate surface area is 264 Å². The average molecular weight is 646 g/mol. The zero-order chi connectivity index (χ0) is 30.8. The predicted octanol–water partition coefficient (Wildman–Crippen LogP) is 3.48. The Balaban J connectivity index is 1.34. The quantitative estimate of drug-likeness (QED) is 0.0893. The topological polar surface area (TPSA) is 149 Å². The summed E-state index contributed by atoms with van der Waals surface area (Å²) in [6.45, 7) is 0. The summed E-state index contributed by atoms with van der Waals surface area (Å²) in [4.78, 5) is 54.3. The lowest BCUT2D eigenvalue weighted by molar-refractivity contribution is -0.154. The van der Waals surface area contributed by atoms with Gasteiger partial charge in [-0.2, -0.15) is 0 Å². The third kappa shape index (κ3) is 5.44. The van der Waals surface area contributed by atoms with Crippen LogP contribution in [0.5, 0.6) is 0 Å². The van der Waals surface area contributed by atoms with E-state index in [1.165, 1.54) is 32.7 Å². The molecular formula is C29H23N7O5S3. The maximum absolute atomic E-state index is 14.2. The van der Waals surface area contributed by atoms with Gasteiger partial charge in [0.05, 0.1) is 4.86 Å². The summed E-state index contributed by atoms with van der Waals surface area (Å²) in [7, 11) is 1.62. The SMILES string of the molecule is Cn1nnnc1C(=S)C1=C(C(=O)OC(c2ccccc2)c2ccccc2)N2C(=O)[C@@H](NC(=O)C(N=O)c3cccs3)[C@@H]2SC1. The molecule has 2 aliphatic heterocycles. The van der Waals surface area contributed by atoms with E-state index in [-0.39, 0.29) is 22.1 Å². The summed E-state index contributed by atoms with van der Waals surface area (Å²) >= 11 is 8.25. The number of nitroso groups, excluding NO2 is 1. The fourth-order valence-corrected chi connectivity index (χ4v) is 7.53. The van der Waals surface area contributed by atoms with Crippen LogP contribution in [0.15, 0.2) is 94.6 Å². The van der Waals surface area contributed by atoms with Gasteiger partial charge in [0, 0.05) is 23.3 Å². The highest BCUT2D eigenvalue weighted by Crippen LogP contribution is 2.42. The minimum atomic E-state index is -1.30. The molecule has 15 heteroatoms. The van der Waals surface area contributed by atoms with Gasteiger partial charge in [-0.3, -0.25) is 14.5 Å². The van der Waals surface area contributed by atoms with Crippen LogP contribution in [0.25, 0.3) is 0 Å². The number of benzene rings is 2. The number of tetrazole rings is 1. The molecule has 4 aromatic rings. The average Bonchev–Trinajstić information content (AvgIpc) is 3.74. The van der Waals surface area contributed by atoms with Crippen LogP contribution in [0.1, 0.15) is 34.0 Å². The van der Waals surface area contributed by atoms with Crippen LogP contribution < -0.4 is 5.32 Å². The monoisotopic (exact) mass is 645 g/mol. The van der Waals surface area contributed by atoms with Crippen molar-refractivity contribution in [2.24, 2.45) is 12.2 Å². The van der Waals surface area contributed by atoms with Gasteiger partial charge in [0.25, 0.3) is 11.8 Å². The van der Waals surface area contributed by atoms with Crippen LogP contribution in [0, 0.1) is 4.91 Å². The first-order chi connectivity index (χ1) is 21.4. The first-order valence-electron chi connectivity index (χ1n) is 13.3. The first-order valence-corrected chi connectivity index (χ1v) is 15.6. The number of carbonyl (C=O) groups is 3. The number of thiophene rings is 1. The maximum atomic E-state index is 14.2. The fraction of sp³-hybridized carbons (Fsp3) is 0.207. The van der Waals surface area contributed by atoms with Gasteiger partial charge < -0.3 is 10.1 Å². The summed E-state index contributed by atoms with van der Waals surface area (Å²) in [5, 5.41) is 18.2. The number of β-lactam (4-membered cyclic amide) rings is 1. The van der Waals surface area contributed by atoms with Gasteiger partial charge in [-0.05, 0) is 33.0 Å². The molecule has 1 unspecified atom stereocenters. The van der Waals surface area contributed by atoms with Crippen molar-refractivity contribution < 1.29 is 19.1 Å². The molecule has 3 atom stereocenters. The second-order valence-electron chi connectivity index (χ2n) is 9.81. The fourth-order valence-electron chi connectivity index (χ4n) is 4.99. The van der Waals surface area contributed by atoms with Crippen molar-refractivity contribution >= 4 is 58.0 Å². The number of aromatic nitrogens is 4. The van der Waals surface area contributed by atoms with Crippen molar-refractivity contribution in [2.45, 2.75) is 23.6 Å². The molecule has 12 nitrogen and oxygen atoms in total. The lowest BCUT2D eigenvalue weighted by Crippen LogP contribution is -2.71. The normalized spacial score (nSPS) is 18.3. The molecule has 0 spiro atoms. The number of fused-ring (bicyclic) bond motifs is 1. The van der Waals surface area contributed by atoms with Gasteiger partial charge in [0.1, 0.15) is 17.1 Å². The number of aryl methyl sites for hydroxylation is 1. The summed E-state index contributed by atoms with van der Waals surface area (Å²) in [6.07, 6.45) is -0.783. The Kier molecular flexibility index (Phi) is 8.41. The van der Waals surface area contributed by atoms with Gasteiger partial charge in [0.15, 0.2) is 11.9 Å². The van der Waals surface area contributed by atoms with Crippen molar-refractivity contribution in [1.29, 1.82) is 0 Å². The Morgan fingerprint density at radius 1 is 1.07 bits per heavy atom. The number of carbonyl (C=O) groups excluding carboxylic acids is 3. The second-order valence-corrected chi connectivity index (χ2v) is 12.3. The molecule has 2 aliphatic rings. The standard InChI is InChI=1S/C29H23N7O5S3/c1-35-25(31-33-34-35)24(42)18-15-44-28-21(30-26(37)20(32-40)19-13-8-14-43-19)27(38)36(28)22(18)29(39)41-23(16-9-4-2-5-10-16)17-11-6-3-7-12-17/h2-14,20-21,23,28H,15H2,1H3,(H,30,37)/t20?,21-,28+/m1/s1. The number of thiocarbonyl (C=S) groups is 1. The Hall–Kier alpha value is -4.60. The highest BCUT2D eigenvalue weighted by molar-refractivity contribution is 8.00. The molecule has 222 valence electrons. The minimum absolute atomic E-state index is 0.0440. The zero-order valence-corrected chi connectivity index (χ0v) is 25.4. The van der Waals surface area contributed by atoms with Crippen LogP contribution in [0.2, 0.25) is 0 Å². The van der Waals surface area contributed by atoms with E-state index in [1.54, 1.807) is 24.6 Å². The largest absolute Gasteiger partial charge is 0.448 e. The van der Waals surface area contributed by atoms with E-state index >= 15 is 0 Å². The van der Waals surface area contributed by atoms with E-state index in [2.05, 4.69) is 26.0 Å². The lowest BCUT2D eigenvalue weighted by Gasteiger charge is -2.49. The van der Waals surface area contributed by atoms with Crippen LogP contribution in [-0.4, -0.2) is 64.9 Å². The molecule has 2 amide bonds. The molecule has 4 heterocycles.